The Morgan fingerprint density at radius 2 is 2.00 bits per heavy atom. The van der Waals surface area contributed by atoms with E-state index in [0.717, 1.165) is 21.9 Å². The standard InChI is InChI=1S/C22H24N2O4S/c1-15(14-27-2)23-21(25)12-20-22(26)24(18-9-4-5-10-19(18)29-20)13-16-7-6-8-17(11-16)28-3/h4-12,15H,13-14H2,1-3H3,(H,23,25)/b20-12+/t15-/m0/s1. The predicted molar refractivity (Wildman–Crippen MR) is 114 cm³/mol. The number of nitrogens with zero attached hydrogens (tertiary/aromatic N) is 1. The van der Waals surface area contributed by atoms with Crippen LogP contribution in [0.3, 0.4) is 0 Å². The Bertz CT molecular complexity index is 929. The molecule has 1 heterocycles. The fourth-order valence-corrected chi connectivity index (χ4v) is 4.10. The normalized spacial score (nSPS) is 15.8. The van der Waals surface area contributed by atoms with Gasteiger partial charge in [-0.05, 0) is 36.8 Å². The Kier molecular flexibility index (Phi) is 6.95. The number of anilines is 1. The van der Waals surface area contributed by atoms with Crippen LogP contribution < -0.4 is 15.0 Å². The minimum atomic E-state index is -0.314. The third-order valence-electron chi connectivity index (χ3n) is 4.37. The highest BCUT2D eigenvalue weighted by molar-refractivity contribution is 8.04. The van der Waals surface area contributed by atoms with Crippen LogP contribution in [0.2, 0.25) is 0 Å². The highest BCUT2D eigenvalue weighted by Crippen LogP contribution is 2.41. The van der Waals surface area contributed by atoms with Crippen LogP contribution in [-0.4, -0.2) is 38.7 Å². The van der Waals surface area contributed by atoms with Crippen LogP contribution in [0, 0.1) is 0 Å². The maximum atomic E-state index is 13.2. The van der Waals surface area contributed by atoms with E-state index in [2.05, 4.69) is 5.32 Å². The van der Waals surface area contributed by atoms with Gasteiger partial charge in [-0.2, -0.15) is 0 Å². The number of hydrogen-bond donors (Lipinski definition) is 1. The highest BCUT2D eigenvalue weighted by atomic mass is 32.2. The topological polar surface area (TPSA) is 67.9 Å². The molecule has 0 aliphatic carbocycles. The first-order chi connectivity index (χ1) is 14.0. The lowest BCUT2D eigenvalue weighted by Gasteiger charge is -2.30. The van der Waals surface area contributed by atoms with Crippen LogP contribution in [0.25, 0.3) is 0 Å². The van der Waals surface area contributed by atoms with E-state index in [9.17, 15) is 9.59 Å². The van der Waals surface area contributed by atoms with Gasteiger partial charge in [0.15, 0.2) is 0 Å². The van der Waals surface area contributed by atoms with Crippen LogP contribution in [-0.2, 0) is 20.9 Å². The summed E-state index contributed by atoms with van der Waals surface area (Å²) in [6.45, 7) is 2.63. The second kappa shape index (κ2) is 9.62. The number of ether oxygens (including phenoxy) is 2. The molecule has 0 aromatic heterocycles. The molecule has 3 rings (SSSR count). The summed E-state index contributed by atoms with van der Waals surface area (Å²) in [5.74, 6) is 0.217. The predicted octanol–water partition coefficient (Wildman–Crippen LogP) is 3.37. The number of carbonyl (C=O) groups excluding carboxylic acids is 2. The smallest absolute Gasteiger partial charge is 0.265 e. The SMILES string of the molecule is COC[C@H](C)NC(=O)/C=C1/Sc2ccccc2N(Cc2cccc(OC)c2)C1=O. The lowest BCUT2D eigenvalue weighted by Crippen LogP contribution is -2.37. The van der Waals surface area contributed by atoms with Crippen molar-refractivity contribution in [3.8, 4) is 5.75 Å². The van der Waals surface area contributed by atoms with E-state index in [1.54, 1.807) is 19.1 Å². The Labute approximate surface area is 174 Å². The molecule has 29 heavy (non-hydrogen) atoms. The quantitative estimate of drug-likeness (QED) is 0.707. The van der Waals surface area contributed by atoms with Gasteiger partial charge in [0.1, 0.15) is 5.75 Å². The van der Waals surface area contributed by atoms with Gasteiger partial charge in [0.2, 0.25) is 5.91 Å². The number of fused-ring (bicyclic) bond motifs is 1. The maximum Gasteiger partial charge on any atom is 0.265 e. The van der Waals surface area contributed by atoms with E-state index >= 15 is 0 Å². The van der Waals surface area contributed by atoms with Crippen LogP contribution in [0.1, 0.15) is 12.5 Å². The molecule has 1 aliphatic rings. The van der Waals surface area contributed by atoms with E-state index in [0.29, 0.717) is 18.1 Å². The van der Waals surface area contributed by atoms with Crippen molar-refractivity contribution >= 4 is 29.3 Å². The summed E-state index contributed by atoms with van der Waals surface area (Å²) in [6.07, 6.45) is 1.37. The average Bonchev–Trinajstić information content (AvgIpc) is 2.71. The molecule has 0 radical (unpaired) electrons. The Morgan fingerprint density at radius 3 is 2.76 bits per heavy atom. The van der Waals surface area contributed by atoms with Gasteiger partial charge < -0.3 is 19.7 Å². The molecule has 0 fully saturated rings. The number of thioether (sulfide) groups is 1. The first-order valence-electron chi connectivity index (χ1n) is 9.24. The average molecular weight is 413 g/mol. The van der Waals surface area contributed by atoms with Gasteiger partial charge in [-0.3, -0.25) is 9.59 Å². The number of para-hydroxylation sites is 1. The van der Waals surface area contributed by atoms with Crippen LogP contribution in [0.4, 0.5) is 5.69 Å². The van der Waals surface area contributed by atoms with Crippen molar-refractivity contribution in [2.24, 2.45) is 0 Å². The molecule has 1 atom stereocenters. The highest BCUT2D eigenvalue weighted by Gasteiger charge is 2.29. The van der Waals surface area contributed by atoms with Crippen molar-refractivity contribution in [2.45, 2.75) is 24.4 Å². The van der Waals surface area contributed by atoms with Crippen molar-refractivity contribution < 1.29 is 19.1 Å². The Hall–Kier alpha value is -2.77. The van der Waals surface area contributed by atoms with E-state index in [1.165, 1.54) is 17.8 Å². The maximum absolute atomic E-state index is 13.2. The molecule has 0 saturated carbocycles. The molecule has 6 nitrogen and oxygen atoms in total. The van der Waals surface area contributed by atoms with E-state index in [-0.39, 0.29) is 17.9 Å². The summed E-state index contributed by atoms with van der Waals surface area (Å²) >= 11 is 1.31. The summed E-state index contributed by atoms with van der Waals surface area (Å²) in [6, 6.07) is 15.1. The molecule has 0 bridgehead atoms. The number of benzene rings is 2. The number of rotatable bonds is 7. The second-order valence-electron chi connectivity index (χ2n) is 6.69. The summed E-state index contributed by atoms with van der Waals surface area (Å²) in [7, 11) is 3.19. The number of amides is 2. The summed E-state index contributed by atoms with van der Waals surface area (Å²) < 4.78 is 10.3. The van der Waals surface area contributed by atoms with Gasteiger partial charge in [0, 0.05) is 24.1 Å². The Morgan fingerprint density at radius 1 is 1.21 bits per heavy atom. The van der Waals surface area contributed by atoms with E-state index in [4.69, 9.17) is 9.47 Å². The number of carbonyl (C=O) groups is 2. The zero-order chi connectivity index (χ0) is 20.8. The molecule has 0 unspecified atom stereocenters. The van der Waals surface area contributed by atoms with Gasteiger partial charge >= 0.3 is 0 Å². The van der Waals surface area contributed by atoms with Crippen molar-refractivity contribution in [1.82, 2.24) is 5.32 Å². The van der Waals surface area contributed by atoms with Crippen molar-refractivity contribution in [2.75, 3.05) is 25.7 Å². The molecule has 7 heteroatoms. The van der Waals surface area contributed by atoms with Crippen molar-refractivity contribution in [1.29, 1.82) is 0 Å². The lowest BCUT2D eigenvalue weighted by atomic mass is 10.1. The van der Waals surface area contributed by atoms with Crippen LogP contribution in [0.15, 0.2) is 64.4 Å². The molecule has 2 aromatic carbocycles. The summed E-state index contributed by atoms with van der Waals surface area (Å²) in [5.41, 5.74) is 1.77. The first kappa shape index (κ1) is 21.0. The minimum Gasteiger partial charge on any atom is -0.497 e. The van der Waals surface area contributed by atoms with Crippen LogP contribution in [0.5, 0.6) is 5.75 Å². The van der Waals surface area contributed by atoms with Gasteiger partial charge in [0.05, 0.1) is 30.9 Å². The summed E-state index contributed by atoms with van der Waals surface area (Å²) in [4.78, 5) is 28.6. The molecule has 0 saturated heterocycles. The number of methoxy groups -OCH3 is 2. The zero-order valence-electron chi connectivity index (χ0n) is 16.7. The molecular weight excluding hydrogens is 388 g/mol. The molecule has 2 aromatic rings. The molecule has 2 amide bonds. The minimum absolute atomic E-state index is 0.145. The summed E-state index contributed by atoms with van der Waals surface area (Å²) in [5, 5.41) is 2.81. The van der Waals surface area contributed by atoms with Crippen molar-refractivity contribution in [3.63, 3.8) is 0 Å². The first-order valence-corrected chi connectivity index (χ1v) is 10.1. The van der Waals surface area contributed by atoms with Crippen LogP contribution >= 0.6 is 11.8 Å². The van der Waals surface area contributed by atoms with E-state index in [1.807, 2.05) is 55.5 Å². The van der Waals surface area contributed by atoms with Gasteiger partial charge in [-0.25, -0.2) is 0 Å². The lowest BCUT2D eigenvalue weighted by molar-refractivity contribution is -0.118. The third kappa shape index (κ3) is 5.19. The second-order valence-corrected chi connectivity index (χ2v) is 7.77. The fourth-order valence-electron chi connectivity index (χ4n) is 3.07. The molecule has 0 spiro atoms. The molecule has 152 valence electrons. The molecule has 1 N–H and O–H groups in total. The Balaban J connectivity index is 1.88. The van der Waals surface area contributed by atoms with E-state index < -0.39 is 0 Å². The van der Waals surface area contributed by atoms with Gasteiger partial charge in [-0.15, -0.1) is 0 Å². The van der Waals surface area contributed by atoms with Gasteiger partial charge in [0.25, 0.3) is 5.91 Å². The molecular formula is C22H24N2O4S. The molecule has 1 aliphatic heterocycles. The third-order valence-corrected chi connectivity index (χ3v) is 5.45. The van der Waals surface area contributed by atoms with Crippen molar-refractivity contribution in [3.05, 3.63) is 65.1 Å². The monoisotopic (exact) mass is 412 g/mol. The van der Waals surface area contributed by atoms with Gasteiger partial charge in [-0.1, -0.05) is 36.0 Å². The largest absolute Gasteiger partial charge is 0.497 e. The zero-order valence-corrected chi connectivity index (χ0v) is 17.5. The fraction of sp³-hybridized carbons (Fsp3) is 0.273. The number of nitrogens with one attached hydrogen (secondary N) is 1. The number of hydrogen-bond acceptors (Lipinski definition) is 5.